The van der Waals surface area contributed by atoms with Gasteiger partial charge >= 0.3 is 0 Å². The molecule has 0 saturated carbocycles. The Kier molecular flexibility index (Phi) is 4.07. The molecular weight excluding hydrogens is 326 g/mol. The zero-order valence-corrected chi connectivity index (χ0v) is 13.6. The lowest BCUT2D eigenvalue weighted by Gasteiger charge is -2.14. The van der Waals surface area contributed by atoms with Gasteiger partial charge in [-0.2, -0.15) is 4.98 Å². The van der Waals surface area contributed by atoms with Crippen molar-refractivity contribution >= 4 is 17.1 Å². The van der Waals surface area contributed by atoms with Crippen LogP contribution in [0.4, 0.5) is 5.95 Å². The number of nitrogens with zero attached hydrogens (tertiary/aromatic N) is 6. The predicted molar refractivity (Wildman–Crippen MR) is 87.5 cm³/mol. The maximum Gasteiger partial charge on any atom is 0.226 e. The molecule has 10 nitrogen and oxygen atoms in total. The van der Waals surface area contributed by atoms with Gasteiger partial charge in [-0.25, -0.2) is 15.0 Å². The van der Waals surface area contributed by atoms with Gasteiger partial charge in [-0.15, -0.1) is 0 Å². The normalized spacial score (nSPS) is 23.4. The molecule has 0 bridgehead atoms. The third-order valence-corrected chi connectivity index (χ3v) is 4.27. The van der Waals surface area contributed by atoms with Gasteiger partial charge in [0.25, 0.3) is 0 Å². The molecule has 0 aliphatic carbocycles. The summed E-state index contributed by atoms with van der Waals surface area (Å²) in [6, 6.07) is 0. The van der Waals surface area contributed by atoms with Crippen LogP contribution in [-0.2, 0) is 11.4 Å². The summed E-state index contributed by atoms with van der Waals surface area (Å²) in [5.74, 6) is 0.470. The highest BCUT2D eigenvalue weighted by molar-refractivity contribution is 5.74. The number of nitrogens with one attached hydrogen (secondary N) is 1. The van der Waals surface area contributed by atoms with Crippen LogP contribution in [0.3, 0.4) is 0 Å². The van der Waals surface area contributed by atoms with Crippen LogP contribution < -0.4 is 5.32 Å². The number of aliphatic hydroxyl groups excluding tert-OH is 2. The van der Waals surface area contributed by atoms with Gasteiger partial charge in [-0.05, 0) is 6.92 Å². The lowest BCUT2D eigenvalue weighted by atomic mass is 10.2. The average Bonchev–Trinajstić information content (AvgIpc) is 3.32. The SMILES string of the molecule is Cc1nc(NCn2ccnc2)nc2c1ncn2C1CC(O)C(CO)O1. The van der Waals surface area contributed by atoms with E-state index in [1.165, 1.54) is 0 Å². The molecule has 132 valence electrons. The number of anilines is 1. The topological polar surface area (TPSA) is 123 Å². The van der Waals surface area contributed by atoms with E-state index >= 15 is 0 Å². The van der Waals surface area contributed by atoms with Crippen LogP contribution in [0, 0.1) is 6.92 Å². The lowest BCUT2D eigenvalue weighted by Crippen LogP contribution is -2.24. The van der Waals surface area contributed by atoms with E-state index in [9.17, 15) is 10.2 Å². The third-order valence-electron chi connectivity index (χ3n) is 4.27. The number of aryl methyl sites for hydroxylation is 1. The van der Waals surface area contributed by atoms with Crippen LogP contribution in [0.5, 0.6) is 0 Å². The van der Waals surface area contributed by atoms with E-state index in [4.69, 9.17) is 4.74 Å². The molecule has 0 amide bonds. The number of ether oxygens (including phenoxy) is 1. The second kappa shape index (κ2) is 6.39. The zero-order valence-electron chi connectivity index (χ0n) is 13.6. The van der Waals surface area contributed by atoms with Crippen molar-refractivity contribution in [1.82, 2.24) is 29.1 Å². The second-order valence-corrected chi connectivity index (χ2v) is 5.98. The number of aliphatic hydroxyl groups is 2. The van der Waals surface area contributed by atoms with Gasteiger partial charge < -0.3 is 24.8 Å². The van der Waals surface area contributed by atoms with Crippen molar-refractivity contribution in [3.63, 3.8) is 0 Å². The summed E-state index contributed by atoms with van der Waals surface area (Å²) in [5, 5.41) is 22.4. The summed E-state index contributed by atoms with van der Waals surface area (Å²) in [5.41, 5.74) is 2.05. The van der Waals surface area contributed by atoms with E-state index in [1.807, 2.05) is 17.7 Å². The summed E-state index contributed by atoms with van der Waals surface area (Å²) in [6.45, 7) is 2.13. The quantitative estimate of drug-likeness (QED) is 0.592. The first-order valence-electron chi connectivity index (χ1n) is 8.01. The van der Waals surface area contributed by atoms with Crippen LogP contribution in [-0.4, -0.2) is 58.1 Å². The van der Waals surface area contributed by atoms with Crippen molar-refractivity contribution < 1.29 is 14.9 Å². The third kappa shape index (κ3) is 2.95. The van der Waals surface area contributed by atoms with Gasteiger partial charge in [0.1, 0.15) is 17.8 Å². The van der Waals surface area contributed by atoms with Crippen LogP contribution in [0.1, 0.15) is 18.3 Å². The molecule has 3 aromatic heterocycles. The predicted octanol–water partition coefficient (Wildman–Crippen LogP) is 0.0415. The van der Waals surface area contributed by atoms with Crippen molar-refractivity contribution in [3.05, 3.63) is 30.7 Å². The van der Waals surface area contributed by atoms with Gasteiger partial charge in [0, 0.05) is 18.8 Å². The monoisotopic (exact) mass is 345 g/mol. The highest BCUT2D eigenvalue weighted by Crippen LogP contribution is 2.31. The summed E-state index contributed by atoms with van der Waals surface area (Å²) in [4.78, 5) is 17.3. The summed E-state index contributed by atoms with van der Waals surface area (Å²) in [6.07, 6.45) is 5.51. The fourth-order valence-corrected chi connectivity index (χ4v) is 2.94. The zero-order chi connectivity index (χ0) is 17.4. The van der Waals surface area contributed by atoms with Crippen molar-refractivity contribution in [3.8, 4) is 0 Å². The first-order chi connectivity index (χ1) is 12.2. The van der Waals surface area contributed by atoms with E-state index in [1.54, 1.807) is 23.4 Å². The maximum absolute atomic E-state index is 9.96. The van der Waals surface area contributed by atoms with E-state index in [-0.39, 0.29) is 6.61 Å². The highest BCUT2D eigenvalue weighted by Gasteiger charge is 2.35. The van der Waals surface area contributed by atoms with Crippen LogP contribution >= 0.6 is 0 Å². The van der Waals surface area contributed by atoms with Crippen LogP contribution in [0.25, 0.3) is 11.2 Å². The number of aromatic nitrogens is 6. The van der Waals surface area contributed by atoms with Crippen LogP contribution in [0.15, 0.2) is 25.0 Å². The molecule has 3 aromatic rings. The molecule has 4 heterocycles. The molecule has 0 spiro atoms. The fourth-order valence-electron chi connectivity index (χ4n) is 2.94. The van der Waals surface area contributed by atoms with Crippen LogP contribution in [0.2, 0.25) is 0 Å². The Morgan fingerprint density at radius 2 is 2.24 bits per heavy atom. The second-order valence-electron chi connectivity index (χ2n) is 5.98. The number of fused-ring (bicyclic) bond motifs is 1. The minimum atomic E-state index is -0.714. The highest BCUT2D eigenvalue weighted by atomic mass is 16.5. The number of hydrogen-bond acceptors (Lipinski definition) is 8. The number of imidazole rings is 2. The first-order valence-corrected chi connectivity index (χ1v) is 8.01. The standard InChI is InChI=1S/C15H19N7O3/c1-9-13-14(20-15(19-9)18-7-21-3-2-16-6-21)22(8-17-13)12-4-10(24)11(5-23)25-12/h2-3,6,8,10-12,23-24H,4-5,7H2,1H3,(H,18,19,20). The molecule has 1 aliphatic rings. The Hall–Kier alpha value is -2.56. The molecule has 1 aliphatic heterocycles. The van der Waals surface area contributed by atoms with Crippen molar-refractivity contribution in [2.45, 2.75) is 38.4 Å². The Balaban J connectivity index is 1.62. The fraction of sp³-hybridized carbons (Fsp3) is 0.467. The lowest BCUT2D eigenvalue weighted by molar-refractivity contribution is -0.0432. The summed E-state index contributed by atoms with van der Waals surface area (Å²) < 4.78 is 9.34. The van der Waals surface area contributed by atoms with Crippen molar-refractivity contribution in [1.29, 1.82) is 0 Å². The Bertz CT molecular complexity index is 864. The van der Waals surface area contributed by atoms with Gasteiger partial charge in [0.05, 0.1) is 37.7 Å². The maximum atomic E-state index is 9.96. The molecule has 25 heavy (non-hydrogen) atoms. The molecular formula is C15H19N7O3. The molecule has 3 unspecified atom stereocenters. The average molecular weight is 345 g/mol. The molecule has 4 rings (SSSR count). The van der Waals surface area contributed by atoms with E-state index in [0.29, 0.717) is 30.2 Å². The molecule has 1 saturated heterocycles. The molecule has 3 N–H and O–H groups in total. The largest absolute Gasteiger partial charge is 0.394 e. The summed E-state index contributed by atoms with van der Waals surface area (Å²) >= 11 is 0. The molecule has 1 fully saturated rings. The Labute approximate surface area is 143 Å². The number of rotatable bonds is 5. The van der Waals surface area contributed by atoms with E-state index in [0.717, 1.165) is 5.69 Å². The Morgan fingerprint density at radius 1 is 1.36 bits per heavy atom. The molecule has 3 atom stereocenters. The minimum absolute atomic E-state index is 0.226. The number of hydrogen-bond donors (Lipinski definition) is 3. The Morgan fingerprint density at radius 3 is 2.96 bits per heavy atom. The van der Waals surface area contributed by atoms with E-state index in [2.05, 4.69) is 25.3 Å². The van der Waals surface area contributed by atoms with Gasteiger partial charge in [0.2, 0.25) is 5.95 Å². The van der Waals surface area contributed by atoms with Crippen molar-refractivity contribution in [2.24, 2.45) is 0 Å². The first kappa shape index (κ1) is 15.9. The van der Waals surface area contributed by atoms with Gasteiger partial charge in [0.15, 0.2) is 5.65 Å². The smallest absolute Gasteiger partial charge is 0.226 e. The molecule has 0 aromatic carbocycles. The molecule has 10 heteroatoms. The van der Waals surface area contributed by atoms with E-state index < -0.39 is 18.4 Å². The van der Waals surface area contributed by atoms with Gasteiger partial charge in [-0.1, -0.05) is 0 Å². The molecule has 0 radical (unpaired) electrons. The van der Waals surface area contributed by atoms with Gasteiger partial charge in [-0.3, -0.25) is 4.57 Å². The summed E-state index contributed by atoms with van der Waals surface area (Å²) in [7, 11) is 0. The minimum Gasteiger partial charge on any atom is -0.394 e. The van der Waals surface area contributed by atoms with Crippen molar-refractivity contribution in [2.75, 3.05) is 11.9 Å².